The maximum atomic E-state index is 12.5. The van der Waals surface area contributed by atoms with Crippen LogP contribution < -0.4 is 20.1 Å². The first-order valence-electron chi connectivity index (χ1n) is 10.8. The monoisotopic (exact) mass is 457 g/mol. The molecule has 0 bridgehead atoms. The molecule has 8 nitrogen and oxygen atoms in total. The smallest absolute Gasteiger partial charge is 0.349 e. The van der Waals surface area contributed by atoms with Crippen LogP contribution in [0.4, 0.5) is 5.82 Å². The molecule has 0 radical (unpaired) electrons. The second-order valence-corrected chi connectivity index (χ2v) is 9.04. The molecule has 0 spiro atoms. The first kappa shape index (κ1) is 22.3. The van der Waals surface area contributed by atoms with Crippen molar-refractivity contribution in [1.82, 2.24) is 19.5 Å². The van der Waals surface area contributed by atoms with Gasteiger partial charge in [0.25, 0.3) is 0 Å². The summed E-state index contributed by atoms with van der Waals surface area (Å²) in [6.45, 7) is 8.86. The van der Waals surface area contributed by atoms with Crippen molar-refractivity contribution >= 4 is 28.5 Å². The third kappa shape index (κ3) is 4.50. The molecule has 1 saturated heterocycles. The van der Waals surface area contributed by atoms with Gasteiger partial charge in [-0.25, -0.2) is 14.8 Å². The summed E-state index contributed by atoms with van der Waals surface area (Å²) in [7, 11) is 1.69. The predicted molar refractivity (Wildman–Crippen MR) is 125 cm³/mol. The van der Waals surface area contributed by atoms with Gasteiger partial charge in [0.1, 0.15) is 22.5 Å². The van der Waals surface area contributed by atoms with Crippen molar-refractivity contribution in [3.63, 3.8) is 0 Å². The molecule has 4 heterocycles. The Hall–Kier alpha value is -2.87. The van der Waals surface area contributed by atoms with E-state index < -0.39 is 0 Å². The van der Waals surface area contributed by atoms with Crippen molar-refractivity contribution in [3.8, 4) is 11.6 Å². The number of ether oxygens (including phenoxy) is 2. The van der Waals surface area contributed by atoms with Crippen LogP contribution >= 0.6 is 11.6 Å². The molecule has 4 rings (SSSR count). The number of aromatic nitrogens is 4. The second kappa shape index (κ2) is 8.94. The quantitative estimate of drug-likeness (QED) is 0.538. The Morgan fingerprint density at radius 3 is 2.62 bits per heavy atom. The lowest BCUT2D eigenvalue weighted by atomic mass is 9.91. The van der Waals surface area contributed by atoms with Crippen LogP contribution in [-0.2, 0) is 7.05 Å². The highest BCUT2D eigenvalue weighted by molar-refractivity contribution is 6.29. The highest BCUT2D eigenvalue weighted by Crippen LogP contribution is 2.32. The van der Waals surface area contributed by atoms with Gasteiger partial charge in [-0.2, -0.15) is 4.98 Å². The molecule has 3 aromatic heterocycles. The molecule has 9 heteroatoms. The summed E-state index contributed by atoms with van der Waals surface area (Å²) in [5.74, 6) is 2.04. The molecule has 0 amide bonds. The molecular weight excluding hydrogens is 430 g/mol. The van der Waals surface area contributed by atoms with Gasteiger partial charge in [0.2, 0.25) is 5.88 Å². The Labute approximate surface area is 192 Å². The molecule has 3 atom stereocenters. The van der Waals surface area contributed by atoms with Gasteiger partial charge >= 0.3 is 5.69 Å². The summed E-state index contributed by atoms with van der Waals surface area (Å²) in [4.78, 5) is 27.8. The lowest BCUT2D eigenvalue weighted by molar-refractivity contribution is 0.102. The summed E-state index contributed by atoms with van der Waals surface area (Å²) >= 11 is 6.16. The lowest BCUT2D eigenvalue weighted by Gasteiger charge is -2.42. The fraction of sp³-hybridized carbons (Fsp3) is 0.478. The summed E-state index contributed by atoms with van der Waals surface area (Å²) < 4.78 is 13.4. The molecule has 1 aliphatic rings. The van der Waals surface area contributed by atoms with Crippen molar-refractivity contribution in [1.29, 1.82) is 0 Å². The summed E-state index contributed by atoms with van der Waals surface area (Å²) in [5, 5.41) is 0.370. The minimum atomic E-state index is -0.317. The van der Waals surface area contributed by atoms with Gasteiger partial charge in [0, 0.05) is 38.0 Å². The number of aryl methyl sites for hydroxylation is 1. The van der Waals surface area contributed by atoms with E-state index in [9.17, 15) is 4.79 Å². The maximum absolute atomic E-state index is 12.5. The Kier molecular flexibility index (Phi) is 6.24. The van der Waals surface area contributed by atoms with Gasteiger partial charge in [-0.05, 0) is 39.0 Å². The zero-order chi connectivity index (χ0) is 23.0. The molecule has 32 heavy (non-hydrogen) atoms. The largest absolute Gasteiger partial charge is 0.489 e. The van der Waals surface area contributed by atoms with Crippen LogP contribution in [0, 0.1) is 5.92 Å². The van der Waals surface area contributed by atoms with Gasteiger partial charge in [0.15, 0.2) is 5.82 Å². The number of anilines is 1. The fourth-order valence-electron chi connectivity index (χ4n) is 4.08. The van der Waals surface area contributed by atoms with Gasteiger partial charge in [-0.1, -0.05) is 18.5 Å². The predicted octanol–water partition coefficient (Wildman–Crippen LogP) is 3.85. The topological polar surface area (TPSA) is 82.4 Å². The van der Waals surface area contributed by atoms with Crippen molar-refractivity contribution in [2.45, 2.75) is 52.4 Å². The number of rotatable bonds is 5. The van der Waals surface area contributed by atoms with Crippen LogP contribution in [-0.4, -0.2) is 44.3 Å². The summed E-state index contributed by atoms with van der Waals surface area (Å²) in [5.41, 5.74) is 1.01. The van der Waals surface area contributed by atoms with Gasteiger partial charge in [0.05, 0.1) is 17.8 Å². The average Bonchev–Trinajstić information content (AvgIpc) is 2.74. The number of pyridine rings is 2. The lowest BCUT2D eigenvalue weighted by Crippen LogP contribution is -2.50. The minimum absolute atomic E-state index is 0.0139. The molecule has 0 aliphatic carbocycles. The molecule has 1 aliphatic heterocycles. The van der Waals surface area contributed by atoms with Gasteiger partial charge in [-0.15, -0.1) is 0 Å². The maximum Gasteiger partial charge on any atom is 0.349 e. The van der Waals surface area contributed by atoms with E-state index in [0.29, 0.717) is 34.4 Å². The van der Waals surface area contributed by atoms with Gasteiger partial charge in [-0.3, -0.25) is 4.57 Å². The molecule has 0 N–H and O–H groups in total. The Morgan fingerprint density at radius 1 is 1.16 bits per heavy atom. The van der Waals surface area contributed by atoms with E-state index in [1.54, 1.807) is 25.4 Å². The Balaban J connectivity index is 1.55. The third-order valence-corrected chi connectivity index (χ3v) is 5.96. The minimum Gasteiger partial charge on any atom is -0.489 e. The van der Waals surface area contributed by atoms with Crippen LogP contribution in [0.1, 0.15) is 34.1 Å². The Bertz CT molecular complexity index is 1160. The molecule has 0 aromatic carbocycles. The van der Waals surface area contributed by atoms with E-state index in [0.717, 1.165) is 12.2 Å². The first-order chi connectivity index (χ1) is 15.2. The zero-order valence-electron chi connectivity index (χ0n) is 18.9. The number of hydrogen-bond acceptors (Lipinski definition) is 7. The van der Waals surface area contributed by atoms with Crippen molar-refractivity contribution in [2.24, 2.45) is 13.0 Å². The van der Waals surface area contributed by atoms with Crippen molar-refractivity contribution in [3.05, 3.63) is 46.1 Å². The normalized spacial score (nSPS) is 21.2. The number of hydrogen-bond donors (Lipinski definition) is 0. The fourth-order valence-corrected chi connectivity index (χ4v) is 4.23. The van der Waals surface area contributed by atoms with Crippen LogP contribution in [0.3, 0.4) is 0 Å². The van der Waals surface area contributed by atoms with E-state index in [4.69, 9.17) is 21.1 Å². The Morgan fingerprint density at radius 2 is 1.94 bits per heavy atom. The van der Waals surface area contributed by atoms with Crippen LogP contribution in [0.5, 0.6) is 11.6 Å². The average molecular weight is 458 g/mol. The summed E-state index contributed by atoms with van der Waals surface area (Å²) in [6.07, 6.45) is 2.52. The molecule has 1 fully saturated rings. The van der Waals surface area contributed by atoms with E-state index >= 15 is 0 Å². The highest BCUT2D eigenvalue weighted by atomic mass is 35.5. The highest BCUT2D eigenvalue weighted by Gasteiger charge is 2.34. The standard InChI is InChI=1S/C23H28ClN5O3/c1-13(2)31-16-6-9-20(25-11-16)32-18-10-15(4)29(12-14(18)3)22-21-17(7-8-19(24)26-21)28(5)23(30)27-22/h6-9,11,13-15,18H,10,12H2,1-5H3. The molecule has 3 aromatic rings. The number of halogens is 1. The third-order valence-electron chi connectivity index (χ3n) is 5.75. The molecule has 170 valence electrons. The molecular formula is C23H28ClN5O3. The van der Waals surface area contributed by atoms with Crippen LogP contribution in [0.15, 0.2) is 35.3 Å². The first-order valence-corrected chi connectivity index (χ1v) is 11.2. The van der Waals surface area contributed by atoms with E-state index in [-0.39, 0.29) is 29.9 Å². The van der Waals surface area contributed by atoms with E-state index in [1.165, 1.54) is 4.57 Å². The molecule has 0 saturated carbocycles. The zero-order valence-corrected chi connectivity index (χ0v) is 19.7. The number of fused-ring (bicyclic) bond motifs is 1. The van der Waals surface area contributed by atoms with Gasteiger partial charge < -0.3 is 14.4 Å². The van der Waals surface area contributed by atoms with E-state index in [2.05, 4.69) is 33.7 Å². The van der Waals surface area contributed by atoms with Crippen LogP contribution in [0.25, 0.3) is 11.0 Å². The van der Waals surface area contributed by atoms with Crippen LogP contribution in [0.2, 0.25) is 5.15 Å². The molecule has 3 unspecified atom stereocenters. The summed E-state index contributed by atoms with van der Waals surface area (Å²) in [6, 6.07) is 7.28. The number of piperidine rings is 1. The van der Waals surface area contributed by atoms with E-state index in [1.807, 2.05) is 26.0 Å². The SMILES string of the molecule is CC(C)Oc1ccc(OC2CC(C)N(c3nc(=O)n(C)c4ccc(Cl)nc34)CC2C)nc1. The second-order valence-electron chi connectivity index (χ2n) is 8.65. The number of nitrogens with zero attached hydrogens (tertiary/aromatic N) is 5. The van der Waals surface area contributed by atoms with Crippen molar-refractivity contribution in [2.75, 3.05) is 11.4 Å². The van der Waals surface area contributed by atoms with Crippen molar-refractivity contribution < 1.29 is 9.47 Å².